The fourth-order valence-corrected chi connectivity index (χ4v) is 1.07. The van der Waals surface area contributed by atoms with Crippen molar-refractivity contribution in [2.24, 2.45) is 5.92 Å². The first-order valence-corrected chi connectivity index (χ1v) is 5.11. The Balaban J connectivity index is 0. The van der Waals surface area contributed by atoms with Crippen LogP contribution in [0.4, 0.5) is 0 Å². The maximum atomic E-state index is 11.2. The third-order valence-electron chi connectivity index (χ3n) is 2.04. The number of amides is 1. The van der Waals surface area contributed by atoms with Crippen LogP contribution in [0.15, 0.2) is 0 Å². The molecule has 0 aliphatic heterocycles. The smallest absolute Gasteiger partial charge is 0.310 e. The van der Waals surface area contributed by atoms with Crippen molar-refractivity contribution in [2.75, 3.05) is 27.2 Å². The number of nitrogens with one attached hydrogen (secondary N) is 2. The minimum atomic E-state index is -0.300. The summed E-state index contributed by atoms with van der Waals surface area (Å²) in [5.41, 5.74) is 0. The summed E-state index contributed by atoms with van der Waals surface area (Å²) in [5, 5.41) is 5.65. The zero-order valence-corrected chi connectivity index (χ0v) is 10.9. The zero-order chi connectivity index (χ0) is 11.7. The quantitative estimate of drug-likeness (QED) is 0.506. The van der Waals surface area contributed by atoms with Crippen LogP contribution in [0.3, 0.4) is 0 Å². The fourth-order valence-electron chi connectivity index (χ4n) is 1.07. The molecule has 0 saturated carbocycles. The molecule has 1 atom stereocenters. The number of esters is 1. The Morgan fingerprint density at radius 3 is 2.50 bits per heavy atom. The second-order valence-electron chi connectivity index (χ2n) is 3.44. The largest absolute Gasteiger partial charge is 0.469 e. The van der Waals surface area contributed by atoms with E-state index in [1.54, 1.807) is 6.92 Å². The van der Waals surface area contributed by atoms with Crippen molar-refractivity contribution in [3.8, 4) is 0 Å². The second kappa shape index (κ2) is 10.7. The van der Waals surface area contributed by atoms with E-state index in [1.165, 1.54) is 7.11 Å². The fraction of sp³-hybridized carbons (Fsp3) is 0.800. The molecule has 0 bridgehead atoms. The van der Waals surface area contributed by atoms with Crippen molar-refractivity contribution >= 4 is 24.3 Å². The van der Waals surface area contributed by atoms with Crippen molar-refractivity contribution in [1.82, 2.24) is 10.6 Å². The average molecular weight is 253 g/mol. The molecule has 5 nitrogen and oxygen atoms in total. The maximum absolute atomic E-state index is 11.2. The summed E-state index contributed by atoms with van der Waals surface area (Å²) in [7, 11) is 3.19. The number of rotatable bonds is 7. The summed E-state index contributed by atoms with van der Waals surface area (Å²) in [4.78, 5) is 22.2. The molecule has 2 N–H and O–H groups in total. The molecule has 0 aliphatic carbocycles. The van der Waals surface area contributed by atoms with Gasteiger partial charge in [-0.3, -0.25) is 9.59 Å². The zero-order valence-electron chi connectivity index (χ0n) is 10.0. The molecule has 1 unspecified atom stereocenters. The maximum Gasteiger partial charge on any atom is 0.310 e. The molecule has 0 aromatic heterocycles. The molecule has 1 amide bonds. The van der Waals surface area contributed by atoms with Gasteiger partial charge in [-0.2, -0.15) is 0 Å². The number of carbonyl (C=O) groups is 2. The first kappa shape index (κ1) is 17.6. The first-order valence-electron chi connectivity index (χ1n) is 5.11. The van der Waals surface area contributed by atoms with Gasteiger partial charge >= 0.3 is 5.97 Å². The number of halogens is 1. The van der Waals surface area contributed by atoms with E-state index in [2.05, 4.69) is 15.4 Å². The summed E-state index contributed by atoms with van der Waals surface area (Å²) in [6.07, 6.45) is 1.28. The monoisotopic (exact) mass is 252 g/mol. The molecular weight excluding hydrogens is 232 g/mol. The molecular formula is C10H21ClN2O3. The molecule has 96 valence electrons. The Kier molecular flexibility index (Phi) is 11.8. The summed E-state index contributed by atoms with van der Waals surface area (Å²) >= 11 is 0. The number of hydrogen-bond donors (Lipinski definition) is 2. The second-order valence-corrected chi connectivity index (χ2v) is 3.44. The van der Waals surface area contributed by atoms with E-state index in [4.69, 9.17) is 0 Å². The Bertz CT molecular complexity index is 212. The van der Waals surface area contributed by atoms with E-state index in [0.29, 0.717) is 13.0 Å². The van der Waals surface area contributed by atoms with Crippen LogP contribution in [-0.4, -0.2) is 39.1 Å². The molecule has 0 rings (SSSR count). The van der Waals surface area contributed by atoms with Gasteiger partial charge in [-0.1, -0.05) is 6.92 Å². The van der Waals surface area contributed by atoms with Crippen LogP contribution < -0.4 is 10.6 Å². The predicted molar refractivity (Wildman–Crippen MR) is 64.6 cm³/mol. The standard InChI is InChI=1S/C10H20N2O3.ClH/c1-8(10(14)15-3)7-12-9(13)5-4-6-11-2;/h8,11H,4-7H2,1-3H3,(H,12,13);1H. The number of methoxy groups -OCH3 is 1. The van der Waals surface area contributed by atoms with Crippen LogP contribution in [0.1, 0.15) is 19.8 Å². The van der Waals surface area contributed by atoms with Gasteiger partial charge in [0.05, 0.1) is 13.0 Å². The van der Waals surface area contributed by atoms with E-state index in [0.717, 1.165) is 13.0 Å². The third-order valence-corrected chi connectivity index (χ3v) is 2.04. The van der Waals surface area contributed by atoms with Gasteiger partial charge < -0.3 is 15.4 Å². The predicted octanol–water partition coefficient (Wildman–Crippen LogP) is 0.333. The molecule has 0 aromatic rings. The summed E-state index contributed by atoms with van der Waals surface area (Å²) in [6, 6.07) is 0. The number of carbonyl (C=O) groups excluding carboxylic acids is 2. The highest BCUT2D eigenvalue weighted by molar-refractivity contribution is 5.85. The number of hydrogen-bond acceptors (Lipinski definition) is 4. The van der Waals surface area contributed by atoms with Gasteiger partial charge in [-0.15, -0.1) is 12.4 Å². The lowest BCUT2D eigenvalue weighted by atomic mass is 10.2. The molecule has 16 heavy (non-hydrogen) atoms. The van der Waals surface area contributed by atoms with Crippen LogP contribution in [0.2, 0.25) is 0 Å². The first-order chi connectivity index (χ1) is 7.11. The van der Waals surface area contributed by atoms with Gasteiger partial charge in [-0.05, 0) is 20.0 Å². The SMILES string of the molecule is CNCCCC(=O)NCC(C)C(=O)OC.Cl. The Morgan fingerprint density at radius 2 is 2.00 bits per heavy atom. The lowest BCUT2D eigenvalue weighted by molar-refractivity contribution is -0.144. The van der Waals surface area contributed by atoms with Gasteiger partial charge in [0.1, 0.15) is 0 Å². The van der Waals surface area contributed by atoms with Gasteiger partial charge in [0.2, 0.25) is 5.91 Å². The molecule has 0 radical (unpaired) electrons. The van der Waals surface area contributed by atoms with Crippen LogP contribution in [0, 0.1) is 5.92 Å². The molecule has 0 aliphatic rings. The lowest BCUT2D eigenvalue weighted by Crippen LogP contribution is -2.32. The normalized spacial score (nSPS) is 11.2. The highest BCUT2D eigenvalue weighted by atomic mass is 35.5. The summed E-state index contributed by atoms with van der Waals surface area (Å²) < 4.78 is 4.54. The number of ether oxygens (including phenoxy) is 1. The van der Waals surface area contributed by atoms with Crippen LogP contribution >= 0.6 is 12.4 Å². The van der Waals surface area contributed by atoms with E-state index in [9.17, 15) is 9.59 Å². The van der Waals surface area contributed by atoms with Gasteiger partial charge in [0, 0.05) is 13.0 Å². The molecule has 0 heterocycles. The highest BCUT2D eigenvalue weighted by Crippen LogP contribution is 1.96. The van der Waals surface area contributed by atoms with Crippen LogP contribution in [0.25, 0.3) is 0 Å². The molecule has 0 spiro atoms. The minimum Gasteiger partial charge on any atom is -0.469 e. The van der Waals surface area contributed by atoms with E-state index in [1.807, 2.05) is 7.05 Å². The highest BCUT2D eigenvalue weighted by Gasteiger charge is 2.13. The van der Waals surface area contributed by atoms with Gasteiger partial charge in [0.25, 0.3) is 0 Å². The van der Waals surface area contributed by atoms with E-state index >= 15 is 0 Å². The van der Waals surface area contributed by atoms with Gasteiger partial charge in [0.15, 0.2) is 0 Å². The van der Waals surface area contributed by atoms with Crippen molar-refractivity contribution in [3.05, 3.63) is 0 Å². The lowest BCUT2D eigenvalue weighted by Gasteiger charge is -2.10. The summed E-state index contributed by atoms with van der Waals surface area (Å²) in [5.74, 6) is -0.616. The molecule has 0 aromatic carbocycles. The van der Waals surface area contributed by atoms with Crippen molar-refractivity contribution in [1.29, 1.82) is 0 Å². The van der Waals surface area contributed by atoms with Crippen molar-refractivity contribution in [3.63, 3.8) is 0 Å². The van der Waals surface area contributed by atoms with E-state index in [-0.39, 0.29) is 30.2 Å². The Hall–Kier alpha value is -0.810. The third kappa shape index (κ3) is 8.49. The molecule has 0 saturated heterocycles. The van der Waals surface area contributed by atoms with Crippen molar-refractivity contribution < 1.29 is 14.3 Å². The topological polar surface area (TPSA) is 67.4 Å². The van der Waals surface area contributed by atoms with Crippen LogP contribution in [-0.2, 0) is 14.3 Å². The van der Waals surface area contributed by atoms with Crippen LogP contribution in [0.5, 0.6) is 0 Å². The summed E-state index contributed by atoms with van der Waals surface area (Å²) in [6.45, 7) is 2.88. The molecule has 6 heteroatoms. The average Bonchev–Trinajstić information content (AvgIpc) is 2.25. The van der Waals surface area contributed by atoms with Gasteiger partial charge in [-0.25, -0.2) is 0 Å². The minimum absolute atomic E-state index is 0. The molecule has 0 fully saturated rings. The van der Waals surface area contributed by atoms with E-state index < -0.39 is 0 Å². The van der Waals surface area contributed by atoms with Crippen molar-refractivity contribution in [2.45, 2.75) is 19.8 Å². The Labute approximate surface area is 103 Å². The Morgan fingerprint density at radius 1 is 1.38 bits per heavy atom.